The van der Waals surface area contributed by atoms with Crippen molar-refractivity contribution in [3.8, 4) is 0 Å². The van der Waals surface area contributed by atoms with Crippen LogP contribution in [0.25, 0.3) is 0 Å². The topological polar surface area (TPSA) is 67.7 Å². The summed E-state index contributed by atoms with van der Waals surface area (Å²) in [5.41, 5.74) is 3.79. The lowest BCUT2D eigenvalue weighted by Crippen LogP contribution is -2.47. The molecule has 0 saturated heterocycles. The Kier molecular flexibility index (Phi) is 5.60. The van der Waals surface area contributed by atoms with E-state index in [0.717, 1.165) is 17.0 Å². The highest BCUT2D eigenvalue weighted by Gasteiger charge is 2.40. The van der Waals surface area contributed by atoms with Crippen LogP contribution in [0.1, 0.15) is 49.3 Å². The molecule has 1 atom stereocenters. The largest absolute Gasteiger partial charge is 0.444 e. The number of amides is 2. The van der Waals surface area contributed by atoms with Crippen LogP contribution in [0.2, 0.25) is 0 Å². The van der Waals surface area contributed by atoms with Gasteiger partial charge in [0.1, 0.15) is 5.60 Å². The molecule has 0 saturated carbocycles. The van der Waals surface area contributed by atoms with Crippen LogP contribution in [-0.2, 0) is 28.9 Å². The first-order chi connectivity index (χ1) is 14.8. The summed E-state index contributed by atoms with van der Waals surface area (Å²) < 4.78 is 7.76. The first-order valence-corrected chi connectivity index (χ1v) is 10.8. The summed E-state index contributed by atoms with van der Waals surface area (Å²) in [6, 6.07) is 9.98. The van der Waals surface area contributed by atoms with Crippen LogP contribution in [0, 0.1) is 0 Å². The molecule has 0 N–H and O–H groups in total. The van der Waals surface area contributed by atoms with Gasteiger partial charge in [0.15, 0.2) is 0 Å². The molecule has 164 valence electrons. The van der Waals surface area contributed by atoms with Crippen molar-refractivity contribution in [2.24, 2.45) is 0 Å². The van der Waals surface area contributed by atoms with Crippen molar-refractivity contribution >= 4 is 12.0 Å². The first-order valence-electron chi connectivity index (χ1n) is 10.8. The predicted octanol–water partition coefficient (Wildman–Crippen LogP) is 3.34. The molecule has 0 fully saturated rings. The molecule has 1 aromatic carbocycles. The molecule has 2 aliphatic rings. The average molecular weight is 423 g/mol. The zero-order valence-electron chi connectivity index (χ0n) is 18.5. The SMILES string of the molecule is C=CC(=O)N1CCc2nn(Cc3ccccc3)c3c2C(C1)N(C(=O)OC(C)(C)C)CC3. The third kappa shape index (κ3) is 4.36. The number of benzene rings is 1. The standard InChI is InChI=1S/C24H30N4O3/c1-5-21(29)26-13-11-18-22-19(28(25-18)15-17-9-7-6-8-10-17)12-14-27(20(22)16-26)23(30)31-24(2,3)4/h5-10,20H,1,11-16H2,2-4H3. The fourth-order valence-electron chi connectivity index (χ4n) is 4.42. The monoisotopic (exact) mass is 422 g/mol. The van der Waals surface area contributed by atoms with Crippen molar-refractivity contribution in [2.75, 3.05) is 19.6 Å². The molecule has 1 aromatic heterocycles. The van der Waals surface area contributed by atoms with Crippen LogP contribution >= 0.6 is 0 Å². The minimum absolute atomic E-state index is 0.126. The summed E-state index contributed by atoms with van der Waals surface area (Å²) in [6.45, 7) is 11.4. The van der Waals surface area contributed by atoms with Gasteiger partial charge in [-0.15, -0.1) is 0 Å². The summed E-state index contributed by atoms with van der Waals surface area (Å²) in [5, 5.41) is 4.93. The molecular weight excluding hydrogens is 392 g/mol. The third-order valence-corrected chi connectivity index (χ3v) is 5.78. The molecule has 7 heteroatoms. The minimum Gasteiger partial charge on any atom is -0.444 e. The normalized spacial score (nSPS) is 18.2. The summed E-state index contributed by atoms with van der Waals surface area (Å²) in [5.74, 6) is -0.126. The van der Waals surface area contributed by atoms with Crippen molar-refractivity contribution in [3.63, 3.8) is 0 Å². The van der Waals surface area contributed by atoms with Crippen molar-refractivity contribution in [2.45, 2.75) is 51.8 Å². The quantitative estimate of drug-likeness (QED) is 0.712. The summed E-state index contributed by atoms with van der Waals surface area (Å²) in [7, 11) is 0. The number of nitrogens with zero attached hydrogens (tertiary/aromatic N) is 4. The van der Waals surface area contributed by atoms with Crippen LogP contribution in [0.15, 0.2) is 43.0 Å². The fourth-order valence-corrected chi connectivity index (χ4v) is 4.42. The summed E-state index contributed by atoms with van der Waals surface area (Å²) in [6.07, 6.45) is 2.35. The second-order valence-corrected chi connectivity index (χ2v) is 9.13. The highest BCUT2D eigenvalue weighted by molar-refractivity contribution is 5.87. The van der Waals surface area contributed by atoms with E-state index in [9.17, 15) is 9.59 Å². The van der Waals surface area contributed by atoms with Crippen LogP contribution < -0.4 is 0 Å². The Balaban J connectivity index is 1.71. The van der Waals surface area contributed by atoms with Gasteiger partial charge >= 0.3 is 6.09 Å². The lowest BCUT2D eigenvalue weighted by molar-refractivity contribution is -0.126. The van der Waals surface area contributed by atoms with Gasteiger partial charge < -0.3 is 9.64 Å². The van der Waals surface area contributed by atoms with Gasteiger partial charge in [-0.1, -0.05) is 36.9 Å². The van der Waals surface area contributed by atoms with Gasteiger partial charge in [-0.3, -0.25) is 14.4 Å². The highest BCUT2D eigenvalue weighted by atomic mass is 16.6. The molecule has 0 spiro atoms. The van der Waals surface area contributed by atoms with Gasteiger partial charge in [-0.2, -0.15) is 5.10 Å². The van der Waals surface area contributed by atoms with E-state index in [4.69, 9.17) is 9.84 Å². The van der Waals surface area contributed by atoms with Crippen molar-refractivity contribution in [1.29, 1.82) is 0 Å². The van der Waals surface area contributed by atoms with Crippen molar-refractivity contribution < 1.29 is 14.3 Å². The molecule has 2 aliphatic heterocycles. The van der Waals surface area contributed by atoms with E-state index in [2.05, 4.69) is 23.4 Å². The Labute approximate surface area is 183 Å². The number of hydrogen-bond donors (Lipinski definition) is 0. The molecule has 2 aromatic rings. The fraction of sp³-hybridized carbons (Fsp3) is 0.458. The molecule has 7 nitrogen and oxygen atoms in total. The van der Waals surface area contributed by atoms with Crippen LogP contribution in [0.4, 0.5) is 4.79 Å². The van der Waals surface area contributed by atoms with E-state index in [1.54, 1.807) is 9.80 Å². The van der Waals surface area contributed by atoms with E-state index >= 15 is 0 Å². The maximum Gasteiger partial charge on any atom is 0.410 e. The zero-order chi connectivity index (χ0) is 22.2. The Bertz CT molecular complexity index is 990. The second kappa shape index (κ2) is 8.21. The van der Waals surface area contributed by atoms with E-state index < -0.39 is 5.60 Å². The molecule has 0 bridgehead atoms. The maximum absolute atomic E-state index is 13.0. The number of ether oxygens (including phenoxy) is 1. The van der Waals surface area contributed by atoms with E-state index in [1.807, 2.05) is 39.0 Å². The van der Waals surface area contributed by atoms with Crippen molar-refractivity contribution in [3.05, 3.63) is 65.5 Å². The molecular formula is C24H30N4O3. The summed E-state index contributed by atoms with van der Waals surface area (Å²) in [4.78, 5) is 29.0. The van der Waals surface area contributed by atoms with E-state index in [0.29, 0.717) is 39.0 Å². The Morgan fingerprint density at radius 3 is 2.61 bits per heavy atom. The first kappa shape index (κ1) is 21.2. The van der Waals surface area contributed by atoms with Gasteiger partial charge in [0.2, 0.25) is 5.91 Å². The van der Waals surface area contributed by atoms with Crippen LogP contribution in [-0.4, -0.2) is 56.8 Å². The van der Waals surface area contributed by atoms with Gasteiger partial charge in [-0.25, -0.2) is 4.79 Å². The van der Waals surface area contributed by atoms with E-state index in [1.165, 1.54) is 11.6 Å². The molecule has 0 radical (unpaired) electrons. The molecule has 0 aliphatic carbocycles. The third-order valence-electron chi connectivity index (χ3n) is 5.78. The molecule has 3 heterocycles. The summed E-state index contributed by atoms with van der Waals surface area (Å²) >= 11 is 0. The van der Waals surface area contributed by atoms with E-state index in [-0.39, 0.29) is 18.0 Å². The van der Waals surface area contributed by atoms with Crippen molar-refractivity contribution in [1.82, 2.24) is 19.6 Å². The minimum atomic E-state index is -0.584. The Hall–Kier alpha value is -3.09. The second-order valence-electron chi connectivity index (χ2n) is 9.13. The number of carbonyl (C=O) groups is 2. The Morgan fingerprint density at radius 2 is 1.94 bits per heavy atom. The lowest BCUT2D eigenvalue weighted by atomic mass is 9.96. The van der Waals surface area contributed by atoms with Crippen LogP contribution in [0.5, 0.6) is 0 Å². The van der Waals surface area contributed by atoms with Crippen LogP contribution in [0.3, 0.4) is 0 Å². The molecule has 2 amide bonds. The lowest BCUT2D eigenvalue weighted by Gasteiger charge is -2.38. The van der Waals surface area contributed by atoms with Gasteiger partial charge in [0.25, 0.3) is 0 Å². The Morgan fingerprint density at radius 1 is 1.19 bits per heavy atom. The molecule has 4 rings (SSSR count). The zero-order valence-corrected chi connectivity index (χ0v) is 18.5. The van der Waals surface area contributed by atoms with Gasteiger partial charge in [0.05, 0.1) is 18.3 Å². The number of hydrogen-bond acceptors (Lipinski definition) is 4. The predicted molar refractivity (Wildman–Crippen MR) is 118 cm³/mol. The number of carbonyl (C=O) groups excluding carboxylic acids is 2. The average Bonchev–Trinajstić information content (AvgIpc) is 2.95. The highest BCUT2D eigenvalue weighted by Crippen LogP contribution is 2.36. The number of aromatic nitrogens is 2. The smallest absolute Gasteiger partial charge is 0.410 e. The molecule has 31 heavy (non-hydrogen) atoms. The van der Waals surface area contributed by atoms with Gasteiger partial charge in [0, 0.05) is 43.7 Å². The maximum atomic E-state index is 13.0. The van der Waals surface area contributed by atoms with Gasteiger partial charge in [-0.05, 0) is 32.4 Å². The number of rotatable bonds is 3. The molecule has 1 unspecified atom stereocenters.